The normalized spacial score (nSPS) is 32.8. The molecule has 1 aliphatic rings. The molecule has 3 atom stereocenters. The Balaban J connectivity index is 2.30. The summed E-state index contributed by atoms with van der Waals surface area (Å²) in [6, 6.07) is 0.564. The summed E-state index contributed by atoms with van der Waals surface area (Å²) in [5, 5.41) is 12.8. The van der Waals surface area contributed by atoms with Crippen molar-refractivity contribution in [1.82, 2.24) is 5.32 Å². The molecule has 72 valence electrons. The van der Waals surface area contributed by atoms with Crippen molar-refractivity contribution in [2.45, 2.75) is 39.0 Å². The Morgan fingerprint density at radius 2 is 2.00 bits per heavy atom. The topological polar surface area (TPSA) is 41.5 Å². The van der Waals surface area contributed by atoms with E-state index in [9.17, 15) is 5.11 Å². The monoisotopic (exact) mass is 173 g/mol. The average Bonchev–Trinajstić information content (AvgIpc) is 2.36. The fourth-order valence-corrected chi connectivity index (χ4v) is 1.23. The van der Waals surface area contributed by atoms with Crippen molar-refractivity contribution in [3.8, 4) is 0 Å². The van der Waals surface area contributed by atoms with Crippen LogP contribution in [0.4, 0.5) is 0 Å². The molecule has 0 aromatic heterocycles. The minimum absolute atomic E-state index is 0.127. The van der Waals surface area contributed by atoms with Gasteiger partial charge in [0, 0.05) is 6.04 Å². The second kappa shape index (κ2) is 4.21. The molecule has 3 nitrogen and oxygen atoms in total. The van der Waals surface area contributed by atoms with Crippen LogP contribution >= 0.6 is 0 Å². The fraction of sp³-hybridized carbons (Fsp3) is 1.00. The minimum atomic E-state index is -0.328. The first-order valence-corrected chi connectivity index (χ1v) is 4.63. The molecule has 1 aliphatic heterocycles. The summed E-state index contributed by atoms with van der Waals surface area (Å²) in [5.74, 6) is 0.595. The van der Waals surface area contributed by atoms with Crippen molar-refractivity contribution in [1.29, 1.82) is 0 Å². The Morgan fingerprint density at radius 3 is 2.42 bits per heavy atom. The number of hydrogen-bond donors (Lipinski definition) is 2. The zero-order chi connectivity index (χ0) is 9.14. The van der Waals surface area contributed by atoms with Gasteiger partial charge in [-0.2, -0.15) is 0 Å². The molecular weight excluding hydrogens is 154 g/mol. The van der Waals surface area contributed by atoms with Gasteiger partial charge in [0.05, 0.1) is 25.4 Å². The summed E-state index contributed by atoms with van der Waals surface area (Å²) in [6.45, 7) is 7.58. The van der Waals surface area contributed by atoms with Gasteiger partial charge < -0.3 is 15.2 Å². The van der Waals surface area contributed by atoms with Gasteiger partial charge in [0.2, 0.25) is 0 Å². The van der Waals surface area contributed by atoms with E-state index in [1.807, 2.05) is 0 Å². The number of ether oxygens (including phenoxy) is 1. The molecule has 0 aromatic rings. The third-order valence-corrected chi connectivity index (χ3v) is 2.53. The van der Waals surface area contributed by atoms with Crippen LogP contribution in [0.25, 0.3) is 0 Å². The summed E-state index contributed by atoms with van der Waals surface area (Å²) in [7, 11) is 0. The van der Waals surface area contributed by atoms with Crippen LogP contribution < -0.4 is 5.32 Å². The number of hydrogen-bond acceptors (Lipinski definition) is 3. The zero-order valence-electron chi connectivity index (χ0n) is 8.08. The van der Waals surface area contributed by atoms with Gasteiger partial charge in [0.25, 0.3) is 0 Å². The molecular formula is C9H19NO2. The van der Waals surface area contributed by atoms with E-state index in [0.29, 0.717) is 25.2 Å². The molecule has 2 N–H and O–H groups in total. The lowest BCUT2D eigenvalue weighted by molar-refractivity contribution is 0.120. The largest absolute Gasteiger partial charge is 0.389 e. The van der Waals surface area contributed by atoms with E-state index in [0.717, 1.165) is 0 Å². The van der Waals surface area contributed by atoms with Crippen LogP contribution in [0, 0.1) is 5.92 Å². The van der Waals surface area contributed by atoms with Crippen molar-refractivity contribution >= 4 is 0 Å². The fourth-order valence-electron chi connectivity index (χ4n) is 1.23. The third kappa shape index (κ3) is 2.44. The highest BCUT2D eigenvalue weighted by Gasteiger charge is 2.27. The molecule has 0 radical (unpaired) electrons. The van der Waals surface area contributed by atoms with Gasteiger partial charge in [0.1, 0.15) is 0 Å². The Hall–Kier alpha value is -0.120. The summed E-state index contributed by atoms with van der Waals surface area (Å²) in [5.41, 5.74) is 0. The maximum atomic E-state index is 9.43. The molecule has 0 aliphatic carbocycles. The third-order valence-electron chi connectivity index (χ3n) is 2.53. The van der Waals surface area contributed by atoms with Crippen molar-refractivity contribution in [3.05, 3.63) is 0 Å². The van der Waals surface area contributed by atoms with Gasteiger partial charge in [-0.25, -0.2) is 0 Å². The molecule has 1 heterocycles. The lowest BCUT2D eigenvalue weighted by Crippen LogP contribution is -2.45. The second-order valence-corrected chi connectivity index (χ2v) is 3.91. The number of aliphatic hydroxyl groups excluding tert-OH is 1. The van der Waals surface area contributed by atoms with Gasteiger partial charge in [0.15, 0.2) is 0 Å². The Morgan fingerprint density at radius 1 is 1.33 bits per heavy atom. The lowest BCUT2D eigenvalue weighted by Gasteiger charge is -2.23. The van der Waals surface area contributed by atoms with Crippen LogP contribution in [0.1, 0.15) is 20.8 Å². The Bertz CT molecular complexity index is 138. The maximum absolute atomic E-state index is 9.43. The Labute approximate surface area is 74.1 Å². The van der Waals surface area contributed by atoms with E-state index < -0.39 is 0 Å². The molecule has 12 heavy (non-hydrogen) atoms. The SMILES string of the molecule is CC(C)C(C)N[C@@H]1COC[C@H]1O. The molecule has 1 unspecified atom stereocenters. The first-order valence-electron chi connectivity index (χ1n) is 4.63. The van der Waals surface area contributed by atoms with Gasteiger partial charge in [-0.05, 0) is 12.8 Å². The van der Waals surface area contributed by atoms with Crippen LogP contribution in [0.15, 0.2) is 0 Å². The van der Waals surface area contributed by atoms with Gasteiger partial charge >= 0.3 is 0 Å². The van der Waals surface area contributed by atoms with Crippen molar-refractivity contribution < 1.29 is 9.84 Å². The van der Waals surface area contributed by atoms with E-state index >= 15 is 0 Å². The number of nitrogens with one attached hydrogen (secondary N) is 1. The molecule has 1 fully saturated rings. The van der Waals surface area contributed by atoms with Crippen molar-refractivity contribution in [2.24, 2.45) is 5.92 Å². The molecule has 0 spiro atoms. The predicted octanol–water partition coefficient (Wildman–Crippen LogP) is 0.380. The smallest absolute Gasteiger partial charge is 0.0948 e. The molecule has 1 rings (SSSR count). The van der Waals surface area contributed by atoms with Crippen molar-refractivity contribution in [2.75, 3.05) is 13.2 Å². The highest BCUT2D eigenvalue weighted by atomic mass is 16.5. The predicted molar refractivity (Wildman–Crippen MR) is 48.0 cm³/mol. The van der Waals surface area contributed by atoms with E-state index in [4.69, 9.17) is 4.74 Å². The standard InChI is InChI=1S/C9H19NO2/c1-6(2)7(3)10-8-4-12-5-9(8)11/h6-11H,4-5H2,1-3H3/t7?,8-,9-/m1/s1. The highest BCUT2D eigenvalue weighted by molar-refractivity contribution is 4.83. The molecule has 0 bridgehead atoms. The van der Waals surface area contributed by atoms with E-state index in [-0.39, 0.29) is 12.1 Å². The van der Waals surface area contributed by atoms with Crippen molar-refractivity contribution in [3.63, 3.8) is 0 Å². The van der Waals surface area contributed by atoms with Crippen LogP contribution in [-0.4, -0.2) is 36.5 Å². The average molecular weight is 173 g/mol. The first-order chi connectivity index (χ1) is 5.61. The summed E-state index contributed by atoms with van der Waals surface area (Å²) >= 11 is 0. The van der Waals surface area contributed by atoms with E-state index in [1.54, 1.807) is 0 Å². The summed E-state index contributed by atoms with van der Waals surface area (Å²) in [6.07, 6.45) is -0.328. The van der Waals surface area contributed by atoms with Gasteiger partial charge in [-0.1, -0.05) is 13.8 Å². The highest BCUT2D eigenvalue weighted by Crippen LogP contribution is 2.08. The zero-order valence-corrected chi connectivity index (χ0v) is 8.08. The van der Waals surface area contributed by atoms with Crippen LogP contribution in [0.3, 0.4) is 0 Å². The van der Waals surface area contributed by atoms with Crippen LogP contribution in [-0.2, 0) is 4.74 Å². The lowest BCUT2D eigenvalue weighted by atomic mass is 10.0. The molecule has 3 heteroatoms. The van der Waals surface area contributed by atoms with E-state index in [1.165, 1.54) is 0 Å². The van der Waals surface area contributed by atoms with Gasteiger partial charge in [-0.3, -0.25) is 0 Å². The number of rotatable bonds is 3. The maximum Gasteiger partial charge on any atom is 0.0948 e. The second-order valence-electron chi connectivity index (χ2n) is 3.91. The minimum Gasteiger partial charge on any atom is -0.389 e. The first kappa shape index (κ1) is 9.96. The molecule has 1 saturated heterocycles. The van der Waals surface area contributed by atoms with Crippen LogP contribution in [0.5, 0.6) is 0 Å². The van der Waals surface area contributed by atoms with Gasteiger partial charge in [-0.15, -0.1) is 0 Å². The van der Waals surface area contributed by atoms with E-state index in [2.05, 4.69) is 26.1 Å². The quantitative estimate of drug-likeness (QED) is 0.648. The summed E-state index contributed by atoms with van der Waals surface area (Å²) in [4.78, 5) is 0. The summed E-state index contributed by atoms with van der Waals surface area (Å²) < 4.78 is 5.14. The molecule has 0 amide bonds. The molecule has 0 aromatic carbocycles. The Kier molecular flexibility index (Phi) is 3.50. The number of aliphatic hydroxyl groups is 1. The van der Waals surface area contributed by atoms with Crippen LogP contribution in [0.2, 0.25) is 0 Å². The molecule has 0 saturated carbocycles.